The van der Waals surface area contributed by atoms with Crippen molar-refractivity contribution < 1.29 is 9.53 Å². The fourth-order valence-corrected chi connectivity index (χ4v) is 6.37. The lowest BCUT2D eigenvalue weighted by atomic mass is 9.93. The normalized spacial score (nSPS) is 18.5. The van der Waals surface area contributed by atoms with Gasteiger partial charge in [0.1, 0.15) is 12.1 Å². The van der Waals surface area contributed by atoms with Crippen LogP contribution in [-0.2, 0) is 5.54 Å². The third-order valence-corrected chi connectivity index (χ3v) is 9.19. The Kier molecular flexibility index (Phi) is 5.71. The molecule has 2 fully saturated rings. The van der Waals surface area contributed by atoms with Crippen LogP contribution >= 0.6 is 0 Å². The fraction of sp³-hybridized carbons (Fsp3) is 0.267. The van der Waals surface area contributed by atoms with Gasteiger partial charge in [-0.3, -0.25) is 9.78 Å². The number of aromatic nitrogens is 4. The van der Waals surface area contributed by atoms with E-state index in [9.17, 15) is 4.79 Å². The molecule has 1 saturated heterocycles. The molecule has 1 saturated carbocycles. The third kappa shape index (κ3) is 4.37. The van der Waals surface area contributed by atoms with E-state index in [-0.39, 0.29) is 11.6 Å². The first kappa shape index (κ1) is 24.0. The molecule has 2 aliphatic rings. The molecule has 0 unspecified atom stereocenters. The lowest BCUT2D eigenvalue weighted by molar-refractivity contribution is 0.0929. The van der Waals surface area contributed by atoms with Crippen LogP contribution in [0.3, 0.4) is 0 Å². The summed E-state index contributed by atoms with van der Waals surface area (Å²) >= 11 is 0. The van der Waals surface area contributed by atoms with E-state index in [1.54, 1.807) is 10.8 Å². The highest BCUT2D eigenvalue weighted by atomic mass is 28.1. The number of pyridine rings is 2. The minimum atomic E-state index is -0.439. The van der Waals surface area contributed by atoms with Gasteiger partial charge in [0.05, 0.1) is 27.0 Å². The number of fused-ring (bicyclic) bond motifs is 2. The monoisotopic (exact) mass is 534 g/mol. The van der Waals surface area contributed by atoms with Crippen LogP contribution in [0.1, 0.15) is 40.7 Å². The Bertz CT molecular complexity index is 1730. The lowest BCUT2D eigenvalue weighted by Crippen LogP contribution is -2.53. The smallest absolute Gasteiger partial charge is 0.252 e. The molecular formula is C30H30N6O2Si. The number of nitrogens with one attached hydrogen (secondary N) is 2. The minimum Gasteiger partial charge on any atom is -0.494 e. The number of amides is 1. The molecule has 2 N–H and O–H groups in total. The Morgan fingerprint density at radius 1 is 1.15 bits per heavy atom. The number of hydrogen-bond acceptors (Lipinski definition) is 6. The fourth-order valence-electron chi connectivity index (χ4n) is 5.53. The predicted molar refractivity (Wildman–Crippen MR) is 154 cm³/mol. The van der Waals surface area contributed by atoms with Gasteiger partial charge < -0.3 is 15.4 Å². The van der Waals surface area contributed by atoms with E-state index in [1.807, 2.05) is 55.7 Å². The summed E-state index contributed by atoms with van der Waals surface area (Å²) in [5.74, 6) is 0.679. The first-order chi connectivity index (χ1) is 19.0. The zero-order valence-electron chi connectivity index (χ0n) is 22.0. The summed E-state index contributed by atoms with van der Waals surface area (Å²) in [7, 11) is 0.924. The van der Waals surface area contributed by atoms with Gasteiger partial charge in [-0.2, -0.15) is 5.10 Å². The second kappa shape index (κ2) is 9.28. The molecule has 4 heterocycles. The largest absolute Gasteiger partial charge is 0.494 e. The molecule has 5 aromatic rings. The molecule has 0 spiro atoms. The average molecular weight is 535 g/mol. The Balaban J connectivity index is 1.22. The number of carbonyl (C=O) groups excluding carboxylic acids is 1. The second-order valence-electron chi connectivity index (χ2n) is 10.8. The van der Waals surface area contributed by atoms with Crippen molar-refractivity contribution in [3.8, 4) is 16.9 Å². The van der Waals surface area contributed by atoms with Gasteiger partial charge in [-0.05, 0) is 91.9 Å². The Morgan fingerprint density at radius 3 is 2.82 bits per heavy atom. The molecule has 9 heteroatoms. The molecule has 1 amide bonds. The summed E-state index contributed by atoms with van der Waals surface area (Å²) in [6.45, 7) is 3.03. The summed E-state index contributed by atoms with van der Waals surface area (Å²) < 4.78 is 8.01. The average Bonchev–Trinajstić information content (AvgIpc) is 3.53. The molecule has 7 rings (SSSR count). The van der Waals surface area contributed by atoms with Crippen molar-refractivity contribution in [3.05, 3.63) is 90.0 Å². The van der Waals surface area contributed by atoms with Crippen molar-refractivity contribution in [2.24, 2.45) is 0 Å². The van der Waals surface area contributed by atoms with Crippen molar-refractivity contribution in [2.45, 2.75) is 43.5 Å². The van der Waals surface area contributed by atoms with Gasteiger partial charge >= 0.3 is 0 Å². The molecule has 8 nitrogen and oxygen atoms in total. The van der Waals surface area contributed by atoms with E-state index >= 15 is 0 Å². The van der Waals surface area contributed by atoms with E-state index < -0.39 is 5.54 Å². The molecule has 1 aliphatic heterocycles. The first-order valence-electron chi connectivity index (χ1n) is 13.5. The van der Waals surface area contributed by atoms with Gasteiger partial charge in [-0.25, -0.2) is 9.50 Å². The van der Waals surface area contributed by atoms with Crippen molar-refractivity contribution in [3.63, 3.8) is 0 Å². The van der Waals surface area contributed by atoms with Crippen molar-refractivity contribution in [1.82, 2.24) is 30.2 Å². The number of rotatable bonds is 7. The number of carbonyl (C=O) groups is 1. The van der Waals surface area contributed by atoms with Crippen molar-refractivity contribution in [2.75, 3.05) is 6.54 Å². The van der Waals surface area contributed by atoms with E-state index in [2.05, 4.69) is 43.9 Å². The maximum atomic E-state index is 13.7. The quantitative estimate of drug-likeness (QED) is 0.312. The summed E-state index contributed by atoms with van der Waals surface area (Å²) in [5.41, 5.74) is 6.18. The van der Waals surface area contributed by atoms with Crippen LogP contribution in [0.25, 0.3) is 27.7 Å². The molecule has 1 aliphatic carbocycles. The van der Waals surface area contributed by atoms with Gasteiger partial charge in [-0.15, -0.1) is 0 Å². The van der Waals surface area contributed by atoms with E-state index in [0.29, 0.717) is 11.6 Å². The number of benzene rings is 2. The zero-order chi connectivity index (χ0) is 26.6. The van der Waals surface area contributed by atoms with E-state index in [1.165, 1.54) is 0 Å². The predicted octanol–water partition coefficient (Wildman–Crippen LogP) is 3.10. The molecule has 2 aromatic carbocycles. The molecule has 0 radical (unpaired) electrons. The SMILES string of the molecule is Cc1ccc(O[C@@H]([SiH3])[C@@H]2CCN2)cc1C(=O)NC1(c2cc(-c3ccc4ncnn4c3)cc3ncccc23)CC1. The van der Waals surface area contributed by atoms with Gasteiger partial charge in [0.15, 0.2) is 5.65 Å². The highest BCUT2D eigenvalue weighted by Gasteiger charge is 2.47. The van der Waals surface area contributed by atoms with Gasteiger partial charge in [-0.1, -0.05) is 12.1 Å². The van der Waals surface area contributed by atoms with Crippen LogP contribution in [0, 0.1) is 6.92 Å². The number of ether oxygens (including phenoxy) is 1. The standard InChI is InChI=1S/C30H30N6O2Si/c1-18-4-6-21(38-29(39)25-8-12-32-25)15-23(18)28(37)35-30(9-10-30)24-13-20(14-26-22(24)3-2-11-31-26)19-5-7-27-33-17-34-36(27)16-19/h2-7,11,13-17,25,29,32H,8-10,12H2,1,39H3,(H,35,37)/t25-,29-/m0/s1. The Hall–Kier alpha value is -4.08. The molecule has 2 atom stereocenters. The number of hydrogen-bond donors (Lipinski definition) is 2. The van der Waals surface area contributed by atoms with Crippen LogP contribution < -0.4 is 15.4 Å². The third-order valence-electron chi connectivity index (χ3n) is 8.15. The summed E-state index contributed by atoms with van der Waals surface area (Å²) in [4.78, 5) is 22.7. The number of nitrogens with zero attached hydrogens (tertiary/aromatic N) is 4. The lowest BCUT2D eigenvalue weighted by Gasteiger charge is -2.33. The molecule has 3 aromatic heterocycles. The Morgan fingerprint density at radius 2 is 2.03 bits per heavy atom. The molecule has 39 heavy (non-hydrogen) atoms. The zero-order valence-corrected chi connectivity index (χ0v) is 24.0. The van der Waals surface area contributed by atoms with Crippen LogP contribution in [-0.4, -0.2) is 54.0 Å². The van der Waals surface area contributed by atoms with Gasteiger partial charge in [0.25, 0.3) is 5.91 Å². The van der Waals surface area contributed by atoms with Crippen molar-refractivity contribution in [1.29, 1.82) is 0 Å². The maximum absolute atomic E-state index is 13.7. The summed E-state index contributed by atoms with van der Waals surface area (Å²) in [5, 5.41) is 12.2. The van der Waals surface area contributed by atoms with E-state index in [4.69, 9.17) is 4.74 Å². The topological polar surface area (TPSA) is 93.4 Å². The second-order valence-corrected chi connectivity index (χ2v) is 11.9. The first-order valence-corrected chi connectivity index (χ1v) is 14.7. The van der Waals surface area contributed by atoms with E-state index in [0.717, 1.165) is 80.6 Å². The van der Waals surface area contributed by atoms with Crippen LogP contribution in [0.4, 0.5) is 0 Å². The highest BCUT2D eigenvalue weighted by Crippen LogP contribution is 2.49. The summed E-state index contributed by atoms with van der Waals surface area (Å²) in [6.07, 6.45) is 8.23. The Labute approximate surface area is 229 Å². The van der Waals surface area contributed by atoms with Crippen LogP contribution in [0.5, 0.6) is 5.75 Å². The maximum Gasteiger partial charge on any atom is 0.252 e. The molecular weight excluding hydrogens is 504 g/mol. The minimum absolute atomic E-state index is 0.0754. The van der Waals surface area contributed by atoms with Crippen LogP contribution in [0.15, 0.2) is 73.3 Å². The summed E-state index contributed by atoms with van der Waals surface area (Å²) in [6, 6.07) is 18.6. The van der Waals surface area contributed by atoms with Gasteiger partial charge in [0.2, 0.25) is 0 Å². The molecule has 196 valence electrons. The van der Waals surface area contributed by atoms with Crippen molar-refractivity contribution >= 4 is 32.7 Å². The highest BCUT2D eigenvalue weighted by molar-refractivity contribution is 6.11. The molecule has 0 bridgehead atoms. The number of aryl methyl sites for hydroxylation is 1. The van der Waals surface area contributed by atoms with Gasteiger partial charge in [0, 0.05) is 34.9 Å². The van der Waals surface area contributed by atoms with Crippen LogP contribution in [0.2, 0.25) is 0 Å².